The zero-order chi connectivity index (χ0) is 21.4. The summed E-state index contributed by atoms with van der Waals surface area (Å²) in [5, 5.41) is 4.69. The Hall–Kier alpha value is -3.03. The Labute approximate surface area is 180 Å². The van der Waals surface area contributed by atoms with Crippen molar-refractivity contribution in [2.45, 2.75) is 25.6 Å². The largest absolute Gasteiger partial charge is 0.347 e. The van der Waals surface area contributed by atoms with Gasteiger partial charge in [0.2, 0.25) is 0 Å². The zero-order valence-electron chi connectivity index (χ0n) is 17.4. The van der Waals surface area contributed by atoms with Crippen molar-refractivity contribution in [3.8, 4) is 16.9 Å². The van der Waals surface area contributed by atoms with E-state index in [9.17, 15) is 9.18 Å². The van der Waals surface area contributed by atoms with Gasteiger partial charge in [-0.15, -0.1) is 0 Å². The van der Waals surface area contributed by atoms with Crippen LogP contribution in [-0.4, -0.2) is 52.7 Å². The summed E-state index contributed by atoms with van der Waals surface area (Å²) < 4.78 is 26.6. The number of carbonyl (C=O) groups excluding carboxylic acids is 1. The molecule has 2 saturated heterocycles. The minimum absolute atomic E-state index is 0.0886. The number of halogens is 1. The van der Waals surface area contributed by atoms with E-state index in [1.54, 1.807) is 22.9 Å². The van der Waals surface area contributed by atoms with Crippen LogP contribution in [-0.2, 0) is 9.47 Å². The molecule has 0 bridgehead atoms. The SMILES string of the molecule is Cc1ccc(-n2nc(-c3ccc(F)cc3)cc2C(=O)N2CCC3(CC2)OCCO3)cc1. The molecule has 0 radical (unpaired) electrons. The predicted octanol–water partition coefficient (Wildman–Crippen LogP) is 3.97. The number of aryl methyl sites for hydroxylation is 1. The first-order valence-electron chi connectivity index (χ1n) is 10.5. The third-order valence-corrected chi connectivity index (χ3v) is 5.97. The number of carbonyl (C=O) groups is 1. The summed E-state index contributed by atoms with van der Waals surface area (Å²) in [5.41, 5.74) is 3.79. The van der Waals surface area contributed by atoms with Crippen LogP contribution in [0.1, 0.15) is 28.9 Å². The highest BCUT2D eigenvalue weighted by molar-refractivity contribution is 5.94. The molecule has 2 aliphatic heterocycles. The van der Waals surface area contributed by atoms with E-state index in [-0.39, 0.29) is 11.7 Å². The second-order valence-electron chi connectivity index (χ2n) is 8.07. The monoisotopic (exact) mass is 421 g/mol. The first-order valence-corrected chi connectivity index (χ1v) is 10.5. The summed E-state index contributed by atoms with van der Waals surface area (Å²) in [4.78, 5) is 15.3. The van der Waals surface area contributed by atoms with Crippen LogP contribution < -0.4 is 0 Å². The van der Waals surface area contributed by atoms with Gasteiger partial charge in [0, 0.05) is 31.5 Å². The third-order valence-electron chi connectivity index (χ3n) is 5.97. The molecule has 3 heterocycles. The number of hydrogen-bond acceptors (Lipinski definition) is 4. The number of ether oxygens (including phenoxy) is 2. The molecule has 160 valence electrons. The van der Waals surface area contributed by atoms with Gasteiger partial charge in [-0.2, -0.15) is 5.10 Å². The molecule has 1 spiro atoms. The Balaban J connectivity index is 1.48. The number of likely N-dealkylation sites (tertiary alicyclic amines) is 1. The second-order valence-corrected chi connectivity index (χ2v) is 8.07. The molecule has 2 aromatic carbocycles. The average Bonchev–Trinajstić information content (AvgIpc) is 3.43. The Morgan fingerprint density at radius 3 is 2.29 bits per heavy atom. The lowest BCUT2D eigenvalue weighted by molar-refractivity contribution is -0.181. The number of benzene rings is 2. The van der Waals surface area contributed by atoms with Gasteiger partial charge in [-0.25, -0.2) is 9.07 Å². The lowest BCUT2D eigenvalue weighted by atomic mass is 10.0. The smallest absolute Gasteiger partial charge is 0.272 e. The van der Waals surface area contributed by atoms with Crippen LogP contribution in [0.3, 0.4) is 0 Å². The molecule has 2 aliphatic rings. The molecule has 0 N–H and O–H groups in total. The van der Waals surface area contributed by atoms with E-state index in [1.807, 2.05) is 36.1 Å². The molecule has 31 heavy (non-hydrogen) atoms. The fourth-order valence-corrected chi connectivity index (χ4v) is 4.18. The molecule has 0 saturated carbocycles. The van der Waals surface area contributed by atoms with Crippen LogP contribution in [0, 0.1) is 12.7 Å². The number of hydrogen-bond donors (Lipinski definition) is 0. The Morgan fingerprint density at radius 2 is 1.65 bits per heavy atom. The number of rotatable bonds is 3. The second kappa shape index (κ2) is 7.90. The van der Waals surface area contributed by atoms with Gasteiger partial charge < -0.3 is 14.4 Å². The van der Waals surface area contributed by atoms with Crippen molar-refractivity contribution in [1.29, 1.82) is 0 Å². The summed E-state index contributed by atoms with van der Waals surface area (Å²) in [6.45, 7) is 4.34. The maximum atomic E-state index is 13.5. The highest BCUT2D eigenvalue weighted by Crippen LogP contribution is 2.32. The van der Waals surface area contributed by atoms with E-state index < -0.39 is 5.79 Å². The minimum atomic E-state index is -0.534. The third kappa shape index (κ3) is 3.86. The van der Waals surface area contributed by atoms with Gasteiger partial charge in [0.1, 0.15) is 11.5 Å². The number of nitrogens with zero attached hydrogens (tertiary/aromatic N) is 3. The maximum absolute atomic E-state index is 13.5. The predicted molar refractivity (Wildman–Crippen MR) is 113 cm³/mol. The molecule has 0 atom stereocenters. The van der Waals surface area contributed by atoms with E-state index in [2.05, 4.69) is 0 Å². The van der Waals surface area contributed by atoms with Gasteiger partial charge in [0.15, 0.2) is 5.79 Å². The molecular weight excluding hydrogens is 397 g/mol. The van der Waals surface area contributed by atoms with E-state index >= 15 is 0 Å². The standard InChI is InChI=1S/C24H24FN3O3/c1-17-2-8-20(9-3-17)28-22(16-21(26-28)18-4-6-19(25)7-5-18)23(29)27-12-10-24(11-13-27)30-14-15-31-24/h2-9,16H,10-15H2,1H3. The molecule has 1 amide bonds. The van der Waals surface area contributed by atoms with Crippen LogP contribution in [0.5, 0.6) is 0 Å². The normalized spacial score (nSPS) is 17.9. The maximum Gasteiger partial charge on any atom is 0.272 e. The van der Waals surface area contributed by atoms with Crippen LogP contribution in [0.25, 0.3) is 16.9 Å². The summed E-state index contributed by atoms with van der Waals surface area (Å²) in [7, 11) is 0. The summed E-state index contributed by atoms with van der Waals surface area (Å²) in [5.74, 6) is -0.932. The molecule has 5 rings (SSSR count). The lowest BCUT2D eigenvalue weighted by Crippen LogP contribution is -2.47. The fourth-order valence-electron chi connectivity index (χ4n) is 4.18. The van der Waals surface area contributed by atoms with Crippen molar-refractivity contribution in [1.82, 2.24) is 14.7 Å². The fraction of sp³-hybridized carbons (Fsp3) is 0.333. The van der Waals surface area contributed by atoms with Crippen molar-refractivity contribution in [2.24, 2.45) is 0 Å². The van der Waals surface area contributed by atoms with Gasteiger partial charge >= 0.3 is 0 Å². The zero-order valence-corrected chi connectivity index (χ0v) is 17.4. The van der Waals surface area contributed by atoms with Gasteiger partial charge in [-0.1, -0.05) is 17.7 Å². The van der Waals surface area contributed by atoms with Gasteiger partial charge in [-0.05, 0) is 49.4 Å². The van der Waals surface area contributed by atoms with E-state index in [4.69, 9.17) is 14.6 Å². The van der Waals surface area contributed by atoms with Gasteiger partial charge in [-0.3, -0.25) is 4.79 Å². The molecule has 7 heteroatoms. The molecule has 0 unspecified atom stereocenters. The van der Waals surface area contributed by atoms with Gasteiger partial charge in [0.05, 0.1) is 24.6 Å². The van der Waals surface area contributed by atoms with Crippen molar-refractivity contribution >= 4 is 5.91 Å². The number of amides is 1. The van der Waals surface area contributed by atoms with Crippen LogP contribution in [0.2, 0.25) is 0 Å². The molecule has 2 fully saturated rings. The Bertz CT molecular complexity index is 1080. The first-order chi connectivity index (χ1) is 15.0. The topological polar surface area (TPSA) is 56.6 Å². The molecule has 0 aliphatic carbocycles. The van der Waals surface area contributed by atoms with E-state index in [1.165, 1.54) is 12.1 Å². The minimum Gasteiger partial charge on any atom is -0.347 e. The Kier molecular flexibility index (Phi) is 5.08. The Morgan fingerprint density at radius 1 is 1.00 bits per heavy atom. The van der Waals surface area contributed by atoms with Crippen LogP contribution in [0.15, 0.2) is 54.6 Å². The highest BCUT2D eigenvalue weighted by atomic mass is 19.1. The molecular formula is C24H24FN3O3. The molecule has 1 aromatic heterocycles. The van der Waals surface area contributed by atoms with Gasteiger partial charge in [0.25, 0.3) is 5.91 Å². The summed E-state index contributed by atoms with van der Waals surface area (Å²) in [6.07, 6.45) is 1.31. The molecule has 3 aromatic rings. The van der Waals surface area contributed by atoms with Crippen molar-refractivity contribution in [3.63, 3.8) is 0 Å². The van der Waals surface area contributed by atoms with E-state index in [0.717, 1.165) is 16.8 Å². The highest BCUT2D eigenvalue weighted by Gasteiger charge is 2.41. The van der Waals surface area contributed by atoms with Crippen molar-refractivity contribution in [3.05, 3.63) is 71.7 Å². The van der Waals surface area contributed by atoms with E-state index in [0.29, 0.717) is 50.5 Å². The first kappa shape index (κ1) is 19.9. The van der Waals surface area contributed by atoms with Crippen LogP contribution in [0.4, 0.5) is 4.39 Å². The molecule has 6 nitrogen and oxygen atoms in total. The van der Waals surface area contributed by atoms with Crippen molar-refractivity contribution in [2.75, 3.05) is 26.3 Å². The summed E-state index contributed by atoms with van der Waals surface area (Å²) in [6, 6.07) is 15.8. The number of aromatic nitrogens is 2. The lowest BCUT2D eigenvalue weighted by Gasteiger charge is -2.37. The van der Waals surface area contributed by atoms with Crippen molar-refractivity contribution < 1.29 is 18.7 Å². The summed E-state index contributed by atoms with van der Waals surface area (Å²) >= 11 is 0. The van der Waals surface area contributed by atoms with Crippen LogP contribution >= 0.6 is 0 Å². The average molecular weight is 421 g/mol. The quantitative estimate of drug-likeness (QED) is 0.642. The number of piperidine rings is 1.